The number of aliphatic hydroxyl groups is 1. The van der Waals surface area contributed by atoms with Gasteiger partial charge in [0.05, 0.1) is 5.41 Å². The molecule has 1 fully saturated rings. The smallest absolute Gasteiger partial charge is 0.251 e. The van der Waals surface area contributed by atoms with E-state index < -0.39 is 5.41 Å². The van der Waals surface area contributed by atoms with Crippen molar-refractivity contribution in [3.63, 3.8) is 0 Å². The van der Waals surface area contributed by atoms with Crippen LogP contribution in [-0.2, 0) is 16.6 Å². The Morgan fingerprint density at radius 1 is 0.971 bits per heavy atom. The lowest BCUT2D eigenvalue weighted by molar-refractivity contribution is -0.120. The molecule has 3 aromatic rings. The van der Waals surface area contributed by atoms with E-state index >= 15 is 0 Å². The minimum atomic E-state index is -0.433. The monoisotopic (exact) mass is 471 g/mol. The quantitative estimate of drug-likeness (QED) is 0.454. The van der Waals surface area contributed by atoms with Gasteiger partial charge in [0.25, 0.3) is 5.91 Å². The van der Waals surface area contributed by atoms with Crippen molar-refractivity contribution in [2.45, 2.75) is 38.0 Å². The summed E-state index contributed by atoms with van der Waals surface area (Å²) in [5.74, 6) is 1.51. The van der Waals surface area contributed by atoms with Gasteiger partial charge in [-0.25, -0.2) is 0 Å². The predicted molar refractivity (Wildman–Crippen MR) is 133 cm³/mol. The van der Waals surface area contributed by atoms with Gasteiger partial charge in [-0.1, -0.05) is 36.4 Å². The van der Waals surface area contributed by atoms with Crippen molar-refractivity contribution in [1.29, 1.82) is 0 Å². The number of rotatable bonds is 9. The van der Waals surface area contributed by atoms with Crippen molar-refractivity contribution < 1.29 is 24.2 Å². The molecule has 0 radical (unpaired) electrons. The number of hydrogen-bond donors (Lipinski definition) is 2. The minimum absolute atomic E-state index is 0.0507. The number of ketones is 1. The summed E-state index contributed by atoms with van der Waals surface area (Å²) < 4.78 is 10.9. The first kappa shape index (κ1) is 23.1. The fourth-order valence-corrected chi connectivity index (χ4v) is 4.68. The van der Waals surface area contributed by atoms with E-state index in [1.807, 2.05) is 49.4 Å². The fourth-order valence-electron chi connectivity index (χ4n) is 4.68. The van der Waals surface area contributed by atoms with Gasteiger partial charge in [-0.15, -0.1) is 0 Å². The van der Waals surface area contributed by atoms with Gasteiger partial charge in [0, 0.05) is 25.1 Å². The maximum Gasteiger partial charge on any atom is 0.251 e. The van der Waals surface area contributed by atoms with Crippen molar-refractivity contribution in [3.8, 4) is 22.6 Å². The molecule has 5 rings (SSSR count). The number of carbonyl (C=O) groups is 2. The maximum atomic E-state index is 13.4. The zero-order chi connectivity index (χ0) is 24.4. The fraction of sp³-hybridized carbons (Fsp3) is 0.310. The zero-order valence-electron chi connectivity index (χ0n) is 19.8. The SMILES string of the molecule is Cc1ccc(CC(=O)C2(c3ccc4c(c3)OCO4)CC2)cc1-c1ccc(C(=O)NCCCO)cc1. The number of amides is 1. The Bertz CT molecular complexity index is 1260. The molecule has 2 aliphatic rings. The summed E-state index contributed by atoms with van der Waals surface area (Å²) in [5.41, 5.74) is 5.29. The number of benzene rings is 3. The van der Waals surface area contributed by atoms with E-state index in [0.717, 1.165) is 46.4 Å². The van der Waals surface area contributed by atoms with Gasteiger partial charge in [0.2, 0.25) is 6.79 Å². The van der Waals surface area contributed by atoms with Crippen LogP contribution in [-0.4, -0.2) is 36.7 Å². The first-order valence-electron chi connectivity index (χ1n) is 12.0. The number of Topliss-reactive ketones (excluding diaryl/α,β-unsaturated/α-hetero) is 1. The number of hydrogen-bond acceptors (Lipinski definition) is 5. The molecule has 2 N–H and O–H groups in total. The summed E-state index contributed by atoms with van der Waals surface area (Å²) in [4.78, 5) is 25.7. The number of aryl methyl sites for hydroxylation is 1. The average molecular weight is 472 g/mol. The maximum absolute atomic E-state index is 13.4. The lowest BCUT2D eigenvalue weighted by Crippen LogP contribution is -2.24. The topological polar surface area (TPSA) is 84.9 Å². The van der Waals surface area contributed by atoms with Crippen LogP contribution in [0, 0.1) is 6.92 Å². The summed E-state index contributed by atoms with van der Waals surface area (Å²) in [6.07, 6.45) is 2.61. The van der Waals surface area contributed by atoms with Crippen LogP contribution in [0.5, 0.6) is 11.5 Å². The summed E-state index contributed by atoms with van der Waals surface area (Å²) in [5, 5.41) is 11.7. The highest BCUT2D eigenvalue weighted by Crippen LogP contribution is 2.51. The molecule has 1 aliphatic heterocycles. The lowest BCUT2D eigenvalue weighted by atomic mass is 9.87. The molecule has 1 amide bonds. The van der Waals surface area contributed by atoms with E-state index in [9.17, 15) is 9.59 Å². The highest BCUT2D eigenvalue weighted by molar-refractivity contribution is 5.95. The summed E-state index contributed by atoms with van der Waals surface area (Å²) in [7, 11) is 0. The first-order chi connectivity index (χ1) is 17.0. The van der Waals surface area contributed by atoms with Crippen molar-refractivity contribution >= 4 is 11.7 Å². The Balaban J connectivity index is 1.31. The van der Waals surface area contributed by atoms with Crippen molar-refractivity contribution in [3.05, 3.63) is 82.9 Å². The van der Waals surface area contributed by atoms with E-state index in [2.05, 4.69) is 11.4 Å². The average Bonchev–Trinajstić information content (AvgIpc) is 3.56. The molecule has 0 saturated heterocycles. The molecule has 6 nitrogen and oxygen atoms in total. The zero-order valence-corrected chi connectivity index (χ0v) is 19.8. The second kappa shape index (κ2) is 9.55. The van der Waals surface area contributed by atoms with Gasteiger partial charge in [-0.3, -0.25) is 9.59 Å². The van der Waals surface area contributed by atoms with Crippen molar-refractivity contribution in [2.75, 3.05) is 19.9 Å². The number of aliphatic hydroxyl groups excluding tert-OH is 1. The van der Waals surface area contributed by atoms with Crippen LogP contribution in [0.4, 0.5) is 0 Å². The van der Waals surface area contributed by atoms with Gasteiger partial charge in [-0.05, 0) is 78.3 Å². The molecule has 0 unspecified atom stereocenters. The molecule has 180 valence electrons. The lowest BCUT2D eigenvalue weighted by Gasteiger charge is -2.16. The highest BCUT2D eigenvalue weighted by Gasteiger charge is 2.50. The van der Waals surface area contributed by atoms with Crippen LogP contribution in [0.3, 0.4) is 0 Å². The molecule has 1 aliphatic carbocycles. The summed E-state index contributed by atoms with van der Waals surface area (Å²) in [6, 6.07) is 19.5. The van der Waals surface area contributed by atoms with Gasteiger partial charge in [0.1, 0.15) is 5.78 Å². The van der Waals surface area contributed by atoms with Crippen LogP contribution in [0.15, 0.2) is 60.7 Å². The Morgan fingerprint density at radius 3 is 2.49 bits per heavy atom. The number of fused-ring (bicyclic) bond motifs is 1. The molecule has 35 heavy (non-hydrogen) atoms. The standard InChI is InChI=1S/C29H29NO5/c1-19-3-4-20(15-24(19)21-5-7-22(8-6-21)28(33)30-13-2-14-31)16-27(32)29(11-12-29)23-9-10-25-26(17-23)35-18-34-25/h3-10,15,17,31H,2,11-14,16,18H2,1H3,(H,30,33). The molecule has 3 aromatic carbocycles. The van der Waals surface area contributed by atoms with Crippen LogP contribution >= 0.6 is 0 Å². The van der Waals surface area contributed by atoms with Gasteiger partial charge < -0.3 is 19.9 Å². The third-order valence-electron chi connectivity index (χ3n) is 6.95. The third-order valence-corrected chi connectivity index (χ3v) is 6.95. The Kier molecular flexibility index (Phi) is 6.31. The van der Waals surface area contributed by atoms with E-state index in [1.54, 1.807) is 12.1 Å². The highest BCUT2D eigenvalue weighted by atomic mass is 16.7. The molecule has 1 heterocycles. The Labute approximate surface area is 204 Å². The van der Waals surface area contributed by atoms with E-state index in [4.69, 9.17) is 14.6 Å². The molecule has 0 bridgehead atoms. The van der Waals surface area contributed by atoms with Crippen molar-refractivity contribution in [1.82, 2.24) is 5.32 Å². The molecular weight excluding hydrogens is 442 g/mol. The number of carbonyl (C=O) groups excluding carboxylic acids is 2. The molecule has 0 atom stereocenters. The second-order valence-corrected chi connectivity index (χ2v) is 9.31. The van der Waals surface area contributed by atoms with Crippen LogP contribution in [0.1, 0.15) is 46.3 Å². The Hall–Kier alpha value is -3.64. The minimum Gasteiger partial charge on any atom is -0.454 e. The number of ether oxygens (including phenoxy) is 2. The van der Waals surface area contributed by atoms with E-state index in [-0.39, 0.29) is 25.1 Å². The molecule has 1 saturated carbocycles. The van der Waals surface area contributed by atoms with Gasteiger partial charge >= 0.3 is 0 Å². The van der Waals surface area contributed by atoms with Crippen LogP contribution in [0.25, 0.3) is 11.1 Å². The first-order valence-corrected chi connectivity index (χ1v) is 12.0. The second-order valence-electron chi connectivity index (χ2n) is 9.31. The van der Waals surface area contributed by atoms with Gasteiger partial charge in [0.15, 0.2) is 11.5 Å². The number of nitrogens with one attached hydrogen (secondary N) is 1. The Morgan fingerprint density at radius 2 is 1.74 bits per heavy atom. The van der Waals surface area contributed by atoms with Gasteiger partial charge in [-0.2, -0.15) is 0 Å². The third kappa shape index (κ3) is 4.66. The van der Waals surface area contributed by atoms with E-state index in [0.29, 0.717) is 30.7 Å². The molecule has 6 heteroatoms. The van der Waals surface area contributed by atoms with Crippen LogP contribution < -0.4 is 14.8 Å². The molecular formula is C29H29NO5. The normalized spacial score (nSPS) is 15.0. The van der Waals surface area contributed by atoms with E-state index in [1.165, 1.54) is 0 Å². The molecule has 0 spiro atoms. The van der Waals surface area contributed by atoms with Crippen LogP contribution in [0.2, 0.25) is 0 Å². The largest absolute Gasteiger partial charge is 0.454 e. The summed E-state index contributed by atoms with van der Waals surface area (Å²) in [6.45, 7) is 2.77. The predicted octanol–water partition coefficient (Wildman–Crippen LogP) is 4.35. The van der Waals surface area contributed by atoms with Crippen molar-refractivity contribution in [2.24, 2.45) is 0 Å². The summed E-state index contributed by atoms with van der Waals surface area (Å²) >= 11 is 0. The molecule has 0 aromatic heterocycles.